The summed E-state index contributed by atoms with van der Waals surface area (Å²) < 4.78 is 5.39. The van der Waals surface area contributed by atoms with Crippen molar-refractivity contribution in [3.8, 4) is 0 Å². The van der Waals surface area contributed by atoms with Crippen molar-refractivity contribution in [1.82, 2.24) is 4.90 Å². The average molecular weight is 273 g/mol. The molecule has 3 atom stereocenters. The summed E-state index contributed by atoms with van der Waals surface area (Å²) in [4.78, 5) is 25.2. The SMILES string of the molecule is CCCC1SCC(C(=O)O)N1C(=O)[C@@H]1CCCO1. The molecule has 0 aromatic carbocycles. The number of hydrogen-bond donors (Lipinski definition) is 1. The highest BCUT2D eigenvalue weighted by atomic mass is 32.2. The van der Waals surface area contributed by atoms with Crippen LogP contribution in [-0.4, -0.2) is 51.8 Å². The third kappa shape index (κ3) is 2.64. The van der Waals surface area contributed by atoms with Crippen LogP contribution >= 0.6 is 11.8 Å². The number of carbonyl (C=O) groups excluding carboxylic acids is 1. The molecule has 2 heterocycles. The third-order valence-electron chi connectivity index (χ3n) is 3.37. The predicted molar refractivity (Wildman–Crippen MR) is 68.4 cm³/mol. The second kappa shape index (κ2) is 5.93. The van der Waals surface area contributed by atoms with Crippen LogP contribution in [-0.2, 0) is 14.3 Å². The molecule has 0 spiro atoms. The summed E-state index contributed by atoms with van der Waals surface area (Å²) in [6.45, 7) is 2.65. The van der Waals surface area contributed by atoms with Crippen molar-refractivity contribution < 1.29 is 19.4 Å². The monoisotopic (exact) mass is 273 g/mol. The lowest BCUT2D eigenvalue weighted by atomic mass is 10.1. The van der Waals surface area contributed by atoms with E-state index in [1.807, 2.05) is 6.92 Å². The Balaban J connectivity index is 2.11. The maximum atomic E-state index is 12.4. The van der Waals surface area contributed by atoms with Crippen LogP contribution in [0.25, 0.3) is 0 Å². The first-order chi connectivity index (χ1) is 8.65. The van der Waals surface area contributed by atoms with Crippen molar-refractivity contribution >= 4 is 23.6 Å². The van der Waals surface area contributed by atoms with Gasteiger partial charge in [-0.3, -0.25) is 4.79 Å². The van der Waals surface area contributed by atoms with Gasteiger partial charge >= 0.3 is 5.97 Å². The lowest BCUT2D eigenvalue weighted by molar-refractivity contribution is -0.153. The van der Waals surface area contributed by atoms with Gasteiger partial charge < -0.3 is 14.7 Å². The Kier molecular flexibility index (Phi) is 4.50. The van der Waals surface area contributed by atoms with Crippen LogP contribution in [0.15, 0.2) is 0 Å². The molecule has 102 valence electrons. The lowest BCUT2D eigenvalue weighted by Gasteiger charge is -2.29. The van der Waals surface area contributed by atoms with Crippen LogP contribution in [0.3, 0.4) is 0 Å². The standard InChI is InChI=1S/C12H19NO4S/c1-2-4-10-13(8(7-18-10)12(15)16)11(14)9-5-3-6-17-9/h8-10H,2-7H2,1H3,(H,15,16)/t8?,9-,10?/m0/s1. The largest absolute Gasteiger partial charge is 0.480 e. The fourth-order valence-corrected chi connectivity index (χ4v) is 3.98. The van der Waals surface area contributed by atoms with Gasteiger partial charge in [-0.25, -0.2) is 4.79 Å². The molecule has 0 saturated carbocycles. The first-order valence-electron chi connectivity index (χ1n) is 6.43. The fourth-order valence-electron chi connectivity index (χ4n) is 2.46. The Morgan fingerprint density at radius 1 is 1.50 bits per heavy atom. The number of carboxylic acids is 1. The van der Waals surface area contributed by atoms with Crippen LogP contribution in [0.1, 0.15) is 32.6 Å². The van der Waals surface area contributed by atoms with E-state index in [1.54, 1.807) is 16.7 Å². The third-order valence-corrected chi connectivity index (χ3v) is 4.73. The zero-order valence-electron chi connectivity index (χ0n) is 10.5. The molecule has 0 radical (unpaired) electrons. The Hall–Kier alpha value is -0.750. The van der Waals surface area contributed by atoms with Gasteiger partial charge in [0.25, 0.3) is 5.91 Å². The van der Waals surface area contributed by atoms with Gasteiger partial charge in [0.1, 0.15) is 12.1 Å². The molecule has 0 bridgehead atoms. The van der Waals surface area contributed by atoms with E-state index >= 15 is 0 Å². The van der Waals surface area contributed by atoms with E-state index in [0.717, 1.165) is 19.3 Å². The fraction of sp³-hybridized carbons (Fsp3) is 0.833. The Morgan fingerprint density at radius 2 is 2.28 bits per heavy atom. The lowest BCUT2D eigenvalue weighted by Crippen LogP contribution is -2.49. The summed E-state index contributed by atoms with van der Waals surface area (Å²) in [6.07, 6.45) is 2.95. The molecule has 1 amide bonds. The van der Waals surface area contributed by atoms with Crippen molar-refractivity contribution in [3.05, 3.63) is 0 Å². The number of rotatable bonds is 4. The van der Waals surface area contributed by atoms with Crippen molar-refractivity contribution in [2.45, 2.75) is 50.1 Å². The topological polar surface area (TPSA) is 66.8 Å². The molecule has 6 heteroatoms. The second-order valence-electron chi connectivity index (χ2n) is 4.68. The molecule has 2 fully saturated rings. The normalized spacial score (nSPS) is 31.8. The Morgan fingerprint density at radius 3 is 2.83 bits per heavy atom. The minimum absolute atomic E-state index is 0.00667. The van der Waals surface area contributed by atoms with E-state index in [-0.39, 0.29) is 11.3 Å². The number of amides is 1. The Bertz CT molecular complexity index is 330. The van der Waals surface area contributed by atoms with Crippen LogP contribution in [0.4, 0.5) is 0 Å². The quantitative estimate of drug-likeness (QED) is 0.836. The molecule has 2 saturated heterocycles. The zero-order chi connectivity index (χ0) is 13.1. The maximum Gasteiger partial charge on any atom is 0.327 e. The molecular formula is C12H19NO4S. The van der Waals surface area contributed by atoms with Crippen molar-refractivity contribution in [1.29, 1.82) is 0 Å². The van der Waals surface area contributed by atoms with E-state index < -0.39 is 18.1 Å². The first kappa shape index (κ1) is 13.7. The van der Waals surface area contributed by atoms with Gasteiger partial charge in [0, 0.05) is 12.4 Å². The molecule has 2 aliphatic rings. The summed E-state index contributed by atoms with van der Waals surface area (Å²) in [5, 5.41) is 9.21. The van der Waals surface area contributed by atoms with Crippen molar-refractivity contribution in [2.75, 3.05) is 12.4 Å². The molecular weight excluding hydrogens is 254 g/mol. The number of hydrogen-bond acceptors (Lipinski definition) is 4. The van der Waals surface area contributed by atoms with Gasteiger partial charge in [-0.15, -0.1) is 11.8 Å². The van der Waals surface area contributed by atoms with Gasteiger partial charge in [0.2, 0.25) is 0 Å². The highest BCUT2D eigenvalue weighted by molar-refractivity contribution is 8.00. The van der Waals surface area contributed by atoms with E-state index in [4.69, 9.17) is 4.74 Å². The van der Waals surface area contributed by atoms with Gasteiger partial charge in [-0.1, -0.05) is 13.3 Å². The summed E-state index contributed by atoms with van der Waals surface area (Å²) in [5.74, 6) is -0.561. The van der Waals surface area contributed by atoms with E-state index in [9.17, 15) is 14.7 Å². The van der Waals surface area contributed by atoms with Gasteiger partial charge in [-0.05, 0) is 19.3 Å². The van der Waals surface area contributed by atoms with Crippen molar-refractivity contribution in [3.63, 3.8) is 0 Å². The number of thioether (sulfide) groups is 1. The first-order valence-corrected chi connectivity index (χ1v) is 7.48. The number of nitrogens with zero attached hydrogens (tertiary/aromatic N) is 1. The molecule has 0 aromatic heterocycles. The van der Waals surface area contributed by atoms with E-state index in [1.165, 1.54) is 0 Å². The zero-order valence-corrected chi connectivity index (χ0v) is 11.3. The molecule has 2 rings (SSSR count). The maximum absolute atomic E-state index is 12.4. The molecule has 1 N–H and O–H groups in total. The number of carbonyl (C=O) groups is 2. The molecule has 5 nitrogen and oxygen atoms in total. The molecule has 2 unspecified atom stereocenters. The molecule has 0 aromatic rings. The average Bonchev–Trinajstić information content (AvgIpc) is 2.97. The number of aliphatic carboxylic acids is 1. The van der Waals surface area contributed by atoms with Crippen LogP contribution in [0, 0.1) is 0 Å². The molecule has 2 aliphatic heterocycles. The van der Waals surface area contributed by atoms with Gasteiger partial charge in [0.15, 0.2) is 0 Å². The molecule has 0 aliphatic carbocycles. The van der Waals surface area contributed by atoms with E-state index in [0.29, 0.717) is 18.8 Å². The van der Waals surface area contributed by atoms with Crippen LogP contribution < -0.4 is 0 Å². The molecule has 18 heavy (non-hydrogen) atoms. The summed E-state index contributed by atoms with van der Waals surface area (Å²) >= 11 is 1.57. The van der Waals surface area contributed by atoms with Crippen LogP contribution in [0.5, 0.6) is 0 Å². The summed E-state index contributed by atoms with van der Waals surface area (Å²) in [7, 11) is 0. The smallest absolute Gasteiger partial charge is 0.327 e. The van der Waals surface area contributed by atoms with Gasteiger partial charge in [-0.2, -0.15) is 0 Å². The van der Waals surface area contributed by atoms with E-state index in [2.05, 4.69) is 0 Å². The minimum Gasteiger partial charge on any atom is -0.480 e. The minimum atomic E-state index is -0.910. The highest BCUT2D eigenvalue weighted by Gasteiger charge is 2.44. The van der Waals surface area contributed by atoms with Crippen LogP contribution in [0.2, 0.25) is 0 Å². The van der Waals surface area contributed by atoms with Crippen molar-refractivity contribution in [2.24, 2.45) is 0 Å². The summed E-state index contributed by atoms with van der Waals surface area (Å²) in [6, 6.07) is -0.691. The Labute approximate surface area is 111 Å². The second-order valence-corrected chi connectivity index (χ2v) is 5.89. The number of carboxylic acid groups (broad SMARTS) is 1. The summed E-state index contributed by atoms with van der Waals surface area (Å²) in [5.41, 5.74) is 0. The van der Waals surface area contributed by atoms with Gasteiger partial charge in [0.05, 0.1) is 5.37 Å². The number of ether oxygens (including phenoxy) is 1. The highest BCUT2D eigenvalue weighted by Crippen LogP contribution is 2.34. The predicted octanol–water partition coefficient (Wildman–Crippen LogP) is 1.32.